The van der Waals surface area contributed by atoms with Crippen LogP contribution in [0.4, 0.5) is 15.8 Å². The molecule has 4 nitrogen and oxygen atoms in total. The Bertz CT molecular complexity index is 712. The van der Waals surface area contributed by atoms with Crippen molar-refractivity contribution < 1.29 is 14.3 Å². The number of hydrogen-bond donors (Lipinski definition) is 2. The van der Waals surface area contributed by atoms with E-state index < -0.39 is 0 Å². The molecule has 3 rings (SSSR count). The van der Waals surface area contributed by atoms with Crippen LogP contribution in [0.15, 0.2) is 48.5 Å². The summed E-state index contributed by atoms with van der Waals surface area (Å²) in [6.07, 6.45) is 1.35. The maximum absolute atomic E-state index is 13.2. The van der Waals surface area contributed by atoms with Gasteiger partial charge in [0.25, 0.3) is 0 Å². The maximum Gasteiger partial charge on any atom is 0.228 e. The summed E-state index contributed by atoms with van der Waals surface area (Å²) in [4.78, 5) is 14.5. The molecule has 2 aromatic rings. The largest absolute Gasteiger partial charge is 0.393 e. The molecule has 1 aliphatic rings. The summed E-state index contributed by atoms with van der Waals surface area (Å²) < 4.78 is 13.2. The second-order valence-electron chi connectivity index (χ2n) is 6.09. The van der Waals surface area contributed by atoms with Gasteiger partial charge in [-0.05, 0) is 42.7 Å². The van der Waals surface area contributed by atoms with Gasteiger partial charge >= 0.3 is 0 Å². The van der Waals surface area contributed by atoms with Crippen LogP contribution in [0.1, 0.15) is 18.4 Å². The predicted molar refractivity (Wildman–Crippen MR) is 92.6 cm³/mol. The molecular formula is C19H21FN2O2. The van der Waals surface area contributed by atoms with Crippen molar-refractivity contribution in [2.45, 2.75) is 25.4 Å². The Morgan fingerprint density at radius 1 is 1.17 bits per heavy atom. The van der Waals surface area contributed by atoms with Crippen LogP contribution in [-0.4, -0.2) is 30.2 Å². The fourth-order valence-electron chi connectivity index (χ4n) is 2.99. The topological polar surface area (TPSA) is 52.6 Å². The van der Waals surface area contributed by atoms with Gasteiger partial charge in [-0.2, -0.15) is 0 Å². The van der Waals surface area contributed by atoms with Gasteiger partial charge in [0.05, 0.1) is 23.9 Å². The second-order valence-corrected chi connectivity index (χ2v) is 6.09. The van der Waals surface area contributed by atoms with Crippen LogP contribution < -0.4 is 10.2 Å². The van der Waals surface area contributed by atoms with Crippen LogP contribution in [0.2, 0.25) is 0 Å². The lowest BCUT2D eigenvalue weighted by Gasteiger charge is -2.32. The number of para-hydroxylation sites is 2. The SMILES string of the molecule is O=C(Cc1cccc(F)c1)Nc1ccccc1N1CCC(O)CC1. The number of rotatable bonds is 4. The smallest absolute Gasteiger partial charge is 0.228 e. The monoisotopic (exact) mass is 328 g/mol. The van der Waals surface area contributed by atoms with Crippen molar-refractivity contribution >= 4 is 17.3 Å². The number of piperidine rings is 1. The molecule has 5 heteroatoms. The zero-order valence-corrected chi connectivity index (χ0v) is 13.4. The Morgan fingerprint density at radius 2 is 1.92 bits per heavy atom. The molecule has 2 aromatic carbocycles. The van der Waals surface area contributed by atoms with E-state index in [-0.39, 0.29) is 24.2 Å². The molecule has 2 N–H and O–H groups in total. The molecule has 1 fully saturated rings. The molecule has 1 aliphatic heterocycles. The number of aliphatic hydroxyl groups is 1. The van der Waals surface area contributed by atoms with Crippen molar-refractivity contribution in [3.8, 4) is 0 Å². The van der Waals surface area contributed by atoms with Crippen LogP contribution in [0.25, 0.3) is 0 Å². The molecule has 0 radical (unpaired) electrons. The standard InChI is InChI=1S/C19H21FN2O2/c20-15-5-3-4-14(12-15)13-19(24)21-17-6-1-2-7-18(17)22-10-8-16(23)9-11-22/h1-7,12,16,23H,8-11,13H2,(H,21,24). The molecule has 0 unspecified atom stereocenters. The third kappa shape index (κ3) is 4.11. The lowest BCUT2D eigenvalue weighted by molar-refractivity contribution is -0.115. The Kier molecular flexibility index (Phi) is 5.11. The van der Waals surface area contributed by atoms with E-state index >= 15 is 0 Å². The van der Waals surface area contributed by atoms with E-state index in [9.17, 15) is 14.3 Å². The highest BCUT2D eigenvalue weighted by Crippen LogP contribution is 2.28. The number of hydrogen-bond acceptors (Lipinski definition) is 3. The lowest BCUT2D eigenvalue weighted by atomic mass is 10.1. The first-order chi connectivity index (χ1) is 11.6. The van der Waals surface area contributed by atoms with Crippen molar-refractivity contribution in [1.29, 1.82) is 0 Å². The van der Waals surface area contributed by atoms with E-state index in [2.05, 4.69) is 10.2 Å². The number of nitrogens with zero attached hydrogens (tertiary/aromatic N) is 1. The number of benzene rings is 2. The van der Waals surface area contributed by atoms with Crippen molar-refractivity contribution in [1.82, 2.24) is 0 Å². The van der Waals surface area contributed by atoms with Gasteiger partial charge in [0.15, 0.2) is 0 Å². The number of nitrogens with one attached hydrogen (secondary N) is 1. The Hall–Kier alpha value is -2.40. The number of amides is 1. The average Bonchev–Trinajstić information content (AvgIpc) is 2.56. The van der Waals surface area contributed by atoms with Crippen LogP contribution in [0.3, 0.4) is 0 Å². The molecule has 0 bridgehead atoms. The van der Waals surface area contributed by atoms with E-state index in [1.807, 2.05) is 24.3 Å². The average molecular weight is 328 g/mol. The van der Waals surface area contributed by atoms with Crippen LogP contribution in [0, 0.1) is 5.82 Å². The minimum absolute atomic E-state index is 0.130. The van der Waals surface area contributed by atoms with Gasteiger partial charge in [-0.25, -0.2) is 4.39 Å². The van der Waals surface area contributed by atoms with Gasteiger partial charge in [0.1, 0.15) is 5.82 Å². The van der Waals surface area contributed by atoms with Crippen LogP contribution >= 0.6 is 0 Å². The summed E-state index contributed by atoms with van der Waals surface area (Å²) in [5, 5.41) is 12.6. The van der Waals surface area contributed by atoms with E-state index in [4.69, 9.17) is 0 Å². The summed E-state index contributed by atoms with van der Waals surface area (Å²) in [6.45, 7) is 1.52. The number of halogens is 1. The normalized spacial score (nSPS) is 15.3. The highest BCUT2D eigenvalue weighted by molar-refractivity contribution is 5.95. The summed E-state index contributed by atoms with van der Waals surface area (Å²) in [7, 11) is 0. The van der Waals surface area contributed by atoms with Gasteiger partial charge in [-0.3, -0.25) is 4.79 Å². The molecule has 0 atom stereocenters. The molecule has 126 valence electrons. The molecule has 0 aliphatic carbocycles. The fraction of sp³-hybridized carbons (Fsp3) is 0.316. The predicted octanol–water partition coefficient (Wildman–Crippen LogP) is 2.97. The maximum atomic E-state index is 13.2. The van der Waals surface area contributed by atoms with Gasteiger partial charge in [-0.1, -0.05) is 24.3 Å². The molecule has 24 heavy (non-hydrogen) atoms. The van der Waals surface area contributed by atoms with Crippen molar-refractivity contribution in [3.63, 3.8) is 0 Å². The van der Waals surface area contributed by atoms with E-state index in [0.717, 1.165) is 37.3 Å². The van der Waals surface area contributed by atoms with Gasteiger partial charge < -0.3 is 15.3 Å². The molecule has 1 amide bonds. The second kappa shape index (κ2) is 7.45. The Balaban J connectivity index is 1.69. The molecule has 0 saturated carbocycles. The van der Waals surface area contributed by atoms with Crippen molar-refractivity contribution in [3.05, 3.63) is 59.9 Å². The summed E-state index contributed by atoms with van der Waals surface area (Å²) in [5.74, 6) is -0.516. The molecule has 0 aromatic heterocycles. The zero-order chi connectivity index (χ0) is 16.9. The first kappa shape index (κ1) is 16.5. The quantitative estimate of drug-likeness (QED) is 0.907. The minimum Gasteiger partial charge on any atom is -0.393 e. The lowest BCUT2D eigenvalue weighted by Crippen LogP contribution is -2.36. The third-order valence-electron chi connectivity index (χ3n) is 4.24. The summed E-state index contributed by atoms with van der Waals surface area (Å²) >= 11 is 0. The molecule has 0 spiro atoms. The van der Waals surface area contributed by atoms with Gasteiger partial charge in [-0.15, -0.1) is 0 Å². The summed E-state index contributed by atoms with van der Waals surface area (Å²) in [6, 6.07) is 13.7. The molecule has 1 saturated heterocycles. The zero-order valence-electron chi connectivity index (χ0n) is 13.4. The first-order valence-electron chi connectivity index (χ1n) is 8.18. The van der Waals surface area contributed by atoms with Crippen molar-refractivity contribution in [2.75, 3.05) is 23.3 Å². The van der Waals surface area contributed by atoms with Crippen molar-refractivity contribution in [2.24, 2.45) is 0 Å². The highest BCUT2D eigenvalue weighted by atomic mass is 19.1. The fourth-order valence-corrected chi connectivity index (χ4v) is 2.99. The van der Waals surface area contributed by atoms with E-state index in [1.54, 1.807) is 12.1 Å². The summed E-state index contributed by atoms with van der Waals surface area (Å²) in [5.41, 5.74) is 2.35. The minimum atomic E-state index is -0.340. The number of carbonyl (C=O) groups excluding carboxylic acids is 1. The third-order valence-corrected chi connectivity index (χ3v) is 4.24. The number of aliphatic hydroxyl groups excluding tert-OH is 1. The van der Waals surface area contributed by atoms with Gasteiger partial charge in [0.2, 0.25) is 5.91 Å². The first-order valence-corrected chi connectivity index (χ1v) is 8.18. The number of carbonyl (C=O) groups is 1. The molecule has 1 heterocycles. The van der Waals surface area contributed by atoms with E-state index in [1.165, 1.54) is 12.1 Å². The van der Waals surface area contributed by atoms with Crippen LogP contribution in [-0.2, 0) is 11.2 Å². The Morgan fingerprint density at radius 3 is 2.67 bits per heavy atom. The Labute approximate surface area is 140 Å². The van der Waals surface area contributed by atoms with Crippen LogP contribution in [0.5, 0.6) is 0 Å². The van der Waals surface area contributed by atoms with Gasteiger partial charge in [0, 0.05) is 13.1 Å². The highest BCUT2D eigenvalue weighted by Gasteiger charge is 2.19. The number of anilines is 2. The van der Waals surface area contributed by atoms with E-state index in [0.29, 0.717) is 5.56 Å². The molecular weight excluding hydrogens is 307 g/mol.